The number of hydrogen-bond acceptors (Lipinski definition) is 6. The highest BCUT2D eigenvalue weighted by molar-refractivity contribution is 6.13. The molecule has 0 unspecified atom stereocenters. The van der Waals surface area contributed by atoms with Crippen LogP contribution in [0.15, 0.2) is 91.1 Å². The van der Waals surface area contributed by atoms with E-state index in [4.69, 9.17) is 9.47 Å². The van der Waals surface area contributed by atoms with Gasteiger partial charge in [0.2, 0.25) is 0 Å². The molecule has 216 valence electrons. The molecule has 6 rings (SSSR count). The van der Waals surface area contributed by atoms with E-state index in [2.05, 4.69) is 20.5 Å². The Morgan fingerprint density at radius 2 is 1.58 bits per heavy atom. The fourth-order valence-corrected chi connectivity index (χ4v) is 5.27. The smallest absolute Gasteiger partial charge is 0.257 e. The zero-order valence-corrected chi connectivity index (χ0v) is 23.7. The average Bonchev–Trinajstić information content (AvgIpc) is 3.03. The molecular formula is C34H29FN4O4. The molecule has 1 aliphatic heterocycles. The molecule has 0 saturated heterocycles. The van der Waals surface area contributed by atoms with Crippen LogP contribution in [0.4, 0.5) is 21.5 Å². The van der Waals surface area contributed by atoms with E-state index in [-0.39, 0.29) is 11.3 Å². The number of aromatic nitrogens is 1. The number of nitrogens with one attached hydrogen (secondary N) is 2. The van der Waals surface area contributed by atoms with Gasteiger partial charge in [-0.1, -0.05) is 18.2 Å². The fourth-order valence-electron chi connectivity index (χ4n) is 5.27. The number of methoxy groups -OCH3 is 2. The molecule has 1 aliphatic rings. The predicted octanol–water partition coefficient (Wildman–Crippen LogP) is 6.46. The topological polar surface area (TPSA) is 92.8 Å². The van der Waals surface area contributed by atoms with E-state index in [0.717, 1.165) is 41.4 Å². The van der Waals surface area contributed by atoms with Crippen molar-refractivity contribution in [2.45, 2.75) is 13.0 Å². The highest BCUT2D eigenvalue weighted by Crippen LogP contribution is 2.34. The second kappa shape index (κ2) is 11.8. The first kappa shape index (κ1) is 27.7. The first-order valence-corrected chi connectivity index (χ1v) is 13.8. The van der Waals surface area contributed by atoms with Crippen LogP contribution >= 0.6 is 0 Å². The number of pyridine rings is 1. The monoisotopic (exact) mass is 576 g/mol. The Morgan fingerprint density at radius 1 is 0.837 bits per heavy atom. The molecule has 0 bridgehead atoms. The molecule has 0 saturated carbocycles. The number of amides is 2. The second-order valence-electron chi connectivity index (χ2n) is 10.2. The lowest BCUT2D eigenvalue weighted by atomic mass is 9.98. The summed E-state index contributed by atoms with van der Waals surface area (Å²) in [4.78, 5) is 32.8. The normalized spacial score (nSPS) is 12.4. The minimum atomic E-state index is -0.577. The summed E-state index contributed by atoms with van der Waals surface area (Å²) in [6.07, 6.45) is 2.31. The Bertz CT molecular complexity index is 1840. The number of benzene rings is 4. The van der Waals surface area contributed by atoms with Crippen LogP contribution in [0.2, 0.25) is 0 Å². The molecule has 0 fully saturated rings. The van der Waals surface area contributed by atoms with Gasteiger partial charge in [-0.25, -0.2) is 4.39 Å². The zero-order chi connectivity index (χ0) is 29.9. The molecule has 43 heavy (non-hydrogen) atoms. The van der Waals surface area contributed by atoms with Crippen molar-refractivity contribution in [1.82, 2.24) is 4.98 Å². The number of carbonyl (C=O) groups excluding carboxylic acids is 2. The van der Waals surface area contributed by atoms with Gasteiger partial charge in [-0.3, -0.25) is 14.6 Å². The van der Waals surface area contributed by atoms with Gasteiger partial charge in [-0.15, -0.1) is 0 Å². The fraction of sp³-hybridized carbons (Fsp3) is 0.147. The van der Waals surface area contributed by atoms with Crippen molar-refractivity contribution < 1.29 is 23.5 Å². The van der Waals surface area contributed by atoms with Crippen molar-refractivity contribution in [3.05, 3.63) is 119 Å². The number of halogens is 1. The molecule has 2 N–H and O–H groups in total. The number of fused-ring (bicyclic) bond motifs is 2. The van der Waals surface area contributed by atoms with Gasteiger partial charge in [0.1, 0.15) is 5.82 Å². The number of carbonyl (C=O) groups is 2. The Hall–Kier alpha value is -5.44. The van der Waals surface area contributed by atoms with Gasteiger partial charge < -0.3 is 25.0 Å². The Balaban J connectivity index is 1.15. The third kappa shape index (κ3) is 5.83. The molecular weight excluding hydrogens is 547 g/mol. The summed E-state index contributed by atoms with van der Waals surface area (Å²) in [5, 5.41) is 6.32. The van der Waals surface area contributed by atoms with Crippen molar-refractivity contribution in [3.8, 4) is 11.5 Å². The highest BCUT2D eigenvalue weighted by Gasteiger charge is 2.21. The molecule has 2 heterocycles. The van der Waals surface area contributed by atoms with E-state index in [0.29, 0.717) is 23.5 Å². The van der Waals surface area contributed by atoms with Gasteiger partial charge in [0, 0.05) is 36.0 Å². The molecule has 5 aromatic rings. The Kier molecular flexibility index (Phi) is 7.61. The minimum Gasteiger partial charge on any atom is -0.493 e. The lowest BCUT2D eigenvalue weighted by Crippen LogP contribution is -2.30. The van der Waals surface area contributed by atoms with E-state index < -0.39 is 17.6 Å². The van der Waals surface area contributed by atoms with Crippen LogP contribution in [-0.2, 0) is 13.0 Å². The van der Waals surface area contributed by atoms with Gasteiger partial charge in [0.05, 0.1) is 36.6 Å². The van der Waals surface area contributed by atoms with Crippen LogP contribution in [-0.4, -0.2) is 37.6 Å². The largest absolute Gasteiger partial charge is 0.493 e. The number of rotatable bonds is 7. The van der Waals surface area contributed by atoms with Crippen LogP contribution in [0.1, 0.15) is 31.8 Å². The quantitative estimate of drug-likeness (QED) is 0.231. The summed E-state index contributed by atoms with van der Waals surface area (Å²) in [6, 6.07) is 24.4. The van der Waals surface area contributed by atoms with Gasteiger partial charge in [0.15, 0.2) is 11.5 Å². The average molecular weight is 577 g/mol. The van der Waals surface area contributed by atoms with E-state index >= 15 is 0 Å². The van der Waals surface area contributed by atoms with Crippen LogP contribution in [0.3, 0.4) is 0 Å². The Morgan fingerprint density at radius 3 is 2.35 bits per heavy atom. The number of para-hydroxylation sites is 1. The van der Waals surface area contributed by atoms with Crippen LogP contribution in [0, 0.1) is 5.82 Å². The van der Waals surface area contributed by atoms with Crippen molar-refractivity contribution in [2.24, 2.45) is 0 Å². The maximum Gasteiger partial charge on any atom is 0.257 e. The van der Waals surface area contributed by atoms with Crippen molar-refractivity contribution in [3.63, 3.8) is 0 Å². The van der Waals surface area contributed by atoms with E-state index in [9.17, 15) is 14.0 Å². The maximum atomic E-state index is 14.2. The van der Waals surface area contributed by atoms with Gasteiger partial charge in [0.25, 0.3) is 11.8 Å². The lowest BCUT2D eigenvalue weighted by Gasteiger charge is -2.31. The molecule has 8 nitrogen and oxygen atoms in total. The van der Waals surface area contributed by atoms with Crippen LogP contribution < -0.4 is 25.0 Å². The van der Waals surface area contributed by atoms with Crippen LogP contribution in [0.25, 0.3) is 10.9 Å². The van der Waals surface area contributed by atoms with Gasteiger partial charge >= 0.3 is 0 Å². The summed E-state index contributed by atoms with van der Waals surface area (Å²) >= 11 is 0. The SMILES string of the molecule is COc1cc2c(cc1OC)CN(c1ccc(NC(=O)c3ccc(F)cc3NC(=O)c3cnc4ccccc4c3)cc1)CC2. The standard InChI is InChI=1S/C34H29FN4O4/c1-42-31-16-21-13-14-39(20-24(21)17-32(31)43-2)27-10-8-26(9-11-27)37-34(41)28-12-7-25(35)18-30(28)38-33(40)23-15-22-5-3-4-6-29(22)36-19-23/h3-12,15-19H,13-14,20H2,1-2H3,(H,37,41)(H,38,40). The predicted molar refractivity (Wildman–Crippen MR) is 165 cm³/mol. The van der Waals surface area contributed by atoms with E-state index in [1.165, 1.54) is 29.5 Å². The zero-order valence-electron chi connectivity index (χ0n) is 23.7. The number of nitrogens with zero attached hydrogens (tertiary/aromatic N) is 2. The molecule has 2 amide bonds. The van der Waals surface area contributed by atoms with E-state index in [1.54, 1.807) is 20.3 Å². The first-order chi connectivity index (χ1) is 20.9. The van der Waals surface area contributed by atoms with Crippen LogP contribution in [0.5, 0.6) is 11.5 Å². The van der Waals surface area contributed by atoms with Gasteiger partial charge in [-0.05, 0) is 84.3 Å². The molecule has 0 aliphatic carbocycles. The molecule has 9 heteroatoms. The minimum absolute atomic E-state index is 0.0614. The first-order valence-electron chi connectivity index (χ1n) is 13.8. The summed E-state index contributed by atoms with van der Waals surface area (Å²) < 4.78 is 25.1. The second-order valence-corrected chi connectivity index (χ2v) is 10.2. The summed E-state index contributed by atoms with van der Waals surface area (Å²) in [5.74, 6) is -0.128. The van der Waals surface area contributed by atoms with Crippen molar-refractivity contribution in [2.75, 3.05) is 36.3 Å². The molecule has 0 spiro atoms. The van der Waals surface area contributed by atoms with Crippen molar-refractivity contribution in [1.29, 1.82) is 0 Å². The Labute approximate surface area is 248 Å². The number of hydrogen-bond donors (Lipinski definition) is 2. The van der Waals surface area contributed by atoms with Crippen molar-refractivity contribution >= 4 is 39.8 Å². The summed E-state index contributed by atoms with van der Waals surface area (Å²) in [5.41, 5.74) is 5.22. The third-order valence-electron chi connectivity index (χ3n) is 7.54. The lowest BCUT2D eigenvalue weighted by molar-refractivity contribution is 0.102. The molecule has 0 atom stereocenters. The third-order valence-corrected chi connectivity index (χ3v) is 7.54. The maximum absolute atomic E-state index is 14.2. The number of anilines is 3. The van der Waals surface area contributed by atoms with Gasteiger partial charge in [-0.2, -0.15) is 0 Å². The molecule has 4 aromatic carbocycles. The summed E-state index contributed by atoms with van der Waals surface area (Å²) in [7, 11) is 3.26. The molecule has 1 aromatic heterocycles. The van der Waals surface area contributed by atoms with E-state index in [1.807, 2.05) is 60.7 Å². The number of ether oxygens (including phenoxy) is 2. The highest BCUT2D eigenvalue weighted by atomic mass is 19.1. The molecule has 0 radical (unpaired) electrons. The summed E-state index contributed by atoms with van der Waals surface area (Å²) in [6.45, 7) is 1.55.